The highest BCUT2D eigenvalue weighted by Gasteiger charge is 2.35. The summed E-state index contributed by atoms with van der Waals surface area (Å²) in [5.74, 6) is 0.269. The summed E-state index contributed by atoms with van der Waals surface area (Å²) >= 11 is 0. The average Bonchev–Trinajstić information content (AvgIpc) is 3.21. The monoisotopic (exact) mass is 416 g/mol. The van der Waals surface area contributed by atoms with Gasteiger partial charge in [0.1, 0.15) is 12.4 Å². The predicted molar refractivity (Wildman–Crippen MR) is 107 cm³/mol. The number of sulfonamides is 1. The van der Waals surface area contributed by atoms with Gasteiger partial charge in [0, 0.05) is 31.5 Å². The number of nitrogens with one attached hydrogen (secondary N) is 1. The molecule has 2 atom stereocenters. The molecule has 154 valence electrons. The highest BCUT2D eigenvalue weighted by Crippen LogP contribution is 2.31. The van der Waals surface area contributed by atoms with E-state index in [1.807, 2.05) is 30.3 Å². The fourth-order valence-corrected chi connectivity index (χ4v) is 5.41. The number of fused-ring (bicyclic) bond motifs is 1. The van der Waals surface area contributed by atoms with Gasteiger partial charge in [0.2, 0.25) is 15.9 Å². The first kappa shape index (κ1) is 19.9. The normalized spacial score (nSPS) is 21.5. The molecule has 7 nitrogen and oxygen atoms in total. The number of likely N-dealkylation sites (tertiary alicyclic amines) is 1. The minimum atomic E-state index is -3.78. The van der Waals surface area contributed by atoms with Crippen molar-refractivity contribution in [2.24, 2.45) is 0 Å². The number of benzene rings is 2. The summed E-state index contributed by atoms with van der Waals surface area (Å²) in [5.41, 5.74) is 1.91. The lowest BCUT2D eigenvalue weighted by molar-refractivity contribution is -0.135. The van der Waals surface area contributed by atoms with Crippen LogP contribution in [0, 0.1) is 0 Å². The molecule has 0 bridgehead atoms. The molecule has 2 aliphatic heterocycles. The number of aliphatic hydroxyl groups is 1. The van der Waals surface area contributed by atoms with Gasteiger partial charge in [0.15, 0.2) is 0 Å². The van der Waals surface area contributed by atoms with Gasteiger partial charge in [-0.1, -0.05) is 30.3 Å². The van der Waals surface area contributed by atoms with Gasteiger partial charge in [-0.05, 0) is 35.7 Å². The second kappa shape index (κ2) is 8.14. The van der Waals surface area contributed by atoms with Gasteiger partial charge in [-0.25, -0.2) is 13.1 Å². The van der Waals surface area contributed by atoms with E-state index in [0.29, 0.717) is 26.0 Å². The zero-order valence-electron chi connectivity index (χ0n) is 16.0. The number of piperidine rings is 1. The molecule has 0 aromatic heterocycles. The summed E-state index contributed by atoms with van der Waals surface area (Å²) in [6.07, 6.45) is 1.30. The molecule has 1 saturated heterocycles. The van der Waals surface area contributed by atoms with E-state index < -0.39 is 28.6 Å². The predicted octanol–water partition coefficient (Wildman–Crippen LogP) is 1.28. The number of aliphatic hydroxyl groups excluding tert-OH is 1. The number of carbonyl (C=O) groups is 1. The topological polar surface area (TPSA) is 95.9 Å². The maximum Gasteiger partial charge on any atom is 0.248 e. The van der Waals surface area contributed by atoms with Crippen LogP contribution in [0.5, 0.6) is 5.75 Å². The smallest absolute Gasteiger partial charge is 0.248 e. The molecule has 2 aromatic rings. The Labute approximate surface area is 170 Å². The van der Waals surface area contributed by atoms with Gasteiger partial charge in [-0.3, -0.25) is 4.79 Å². The van der Waals surface area contributed by atoms with Gasteiger partial charge in [-0.15, -0.1) is 0 Å². The van der Waals surface area contributed by atoms with Crippen LogP contribution in [0.15, 0.2) is 53.4 Å². The van der Waals surface area contributed by atoms with Crippen molar-refractivity contribution in [3.63, 3.8) is 0 Å². The second-order valence-electron chi connectivity index (χ2n) is 7.40. The number of carbonyl (C=O) groups excluding carboxylic acids is 1. The summed E-state index contributed by atoms with van der Waals surface area (Å²) in [7, 11) is -3.78. The van der Waals surface area contributed by atoms with Crippen LogP contribution in [0.3, 0.4) is 0 Å². The lowest BCUT2D eigenvalue weighted by Gasteiger charge is -2.39. The minimum absolute atomic E-state index is 0.0634. The molecule has 2 aliphatic rings. The van der Waals surface area contributed by atoms with Gasteiger partial charge in [0.05, 0.1) is 11.5 Å². The Hall–Kier alpha value is -2.42. The third-order valence-electron chi connectivity index (χ3n) is 5.61. The van der Waals surface area contributed by atoms with Crippen molar-refractivity contribution < 1.29 is 23.1 Å². The van der Waals surface area contributed by atoms with Gasteiger partial charge in [-0.2, -0.15) is 0 Å². The second-order valence-corrected chi connectivity index (χ2v) is 9.11. The SMILES string of the molecule is O=C(CO)N1CC[C@@H](c2ccccc2)[C@@H](NS(=O)(=O)c2ccc3c(c2)CCO3)C1. The third kappa shape index (κ3) is 4.14. The van der Waals surface area contributed by atoms with Gasteiger partial charge < -0.3 is 14.7 Å². The number of amides is 1. The van der Waals surface area contributed by atoms with Crippen LogP contribution in [-0.4, -0.2) is 56.7 Å². The molecule has 0 spiro atoms. The highest BCUT2D eigenvalue weighted by molar-refractivity contribution is 7.89. The zero-order valence-corrected chi connectivity index (χ0v) is 16.8. The van der Waals surface area contributed by atoms with Gasteiger partial charge >= 0.3 is 0 Å². The fraction of sp³-hybridized carbons (Fsp3) is 0.381. The van der Waals surface area contributed by atoms with E-state index in [9.17, 15) is 18.3 Å². The van der Waals surface area contributed by atoms with Crippen LogP contribution in [0.1, 0.15) is 23.5 Å². The molecule has 1 amide bonds. The van der Waals surface area contributed by atoms with Crippen molar-refractivity contribution in [3.05, 3.63) is 59.7 Å². The summed E-state index contributed by atoms with van der Waals surface area (Å²) in [4.78, 5) is 13.7. The molecule has 2 heterocycles. The maximum absolute atomic E-state index is 13.1. The van der Waals surface area contributed by atoms with Crippen LogP contribution in [0.2, 0.25) is 0 Å². The first-order valence-corrected chi connectivity index (χ1v) is 11.2. The number of rotatable bonds is 5. The minimum Gasteiger partial charge on any atom is -0.493 e. The average molecular weight is 416 g/mol. The lowest BCUT2D eigenvalue weighted by Crippen LogP contribution is -2.53. The molecule has 1 fully saturated rings. The van der Waals surface area contributed by atoms with Crippen LogP contribution in [0.25, 0.3) is 0 Å². The first-order valence-electron chi connectivity index (χ1n) is 9.69. The number of nitrogens with zero attached hydrogens (tertiary/aromatic N) is 1. The van der Waals surface area contributed by atoms with Crippen LogP contribution >= 0.6 is 0 Å². The van der Waals surface area contributed by atoms with E-state index in [-0.39, 0.29) is 17.4 Å². The van der Waals surface area contributed by atoms with E-state index in [1.165, 1.54) is 4.90 Å². The van der Waals surface area contributed by atoms with Crippen molar-refractivity contribution in [1.29, 1.82) is 0 Å². The van der Waals surface area contributed by atoms with Crippen LogP contribution in [-0.2, 0) is 21.2 Å². The Balaban J connectivity index is 1.61. The van der Waals surface area contributed by atoms with Gasteiger partial charge in [0.25, 0.3) is 0 Å². The summed E-state index contributed by atoms with van der Waals surface area (Å²) in [5, 5.41) is 9.21. The van der Waals surface area contributed by atoms with E-state index in [2.05, 4.69) is 4.72 Å². The molecule has 2 aromatic carbocycles. The molecule has 29 heavy (non-hydrogen) atoms. The quantitative estimate of drug-likeness (QED) is 0.766. The third-order valence-corrected chi connectivity index (χ3v) is 7.09. The molecule has 4 rings (SSSR count). The molecule has 0 unspecified atom stereocenters. The Bertz CT molecular complexity index is 993. The Morgan fingerprint density at radius 2 is 2.00 bits per heavy atom. The summed E-state index contributed by atoms with van der Waals surface area (Å²) < 4.78 is 34.5. The molecule has 2 N–H and O–H groups in total. The molecule has 0 aliphatic carbocycles. The van der Waals surface area contributed by atoms with Crippen molar-refractivity contribution in [3.8, 4) is 5.75 Å². The van der Waals surface area contributed by atoms with Crippen molar-refractivity contribution in [2.75, 3.05) is 26.3 Å². The Morgan fingerprint density at radius 1 is 1.21 bits per heavy atom. The highest BCUT2D eigenvalue weighted by atomic mass is 32.2. The summed E-state index contributed by atoms with van der Waals surface area (Å²) in [6, 6.07) is 14.1. The van der Waals surface area contributed by atoms with Crippen molar-refractivity contribution in [2.45, 2.75) is 29.7 Å². The van der Waals surface area contributed by atoms with E-state index in [4.69, 9.17) is 4.74 Å². The molecular weight excluding hydrogens is 392 g/mol. The van der Waals surface area contributed by atoms with E-state index in [0.717, 1.165) is 16.9 Å². The fourth-order valence-electron chi connectivity index (χ4n) is 4.09. The molecule has 0 saturated carbocycles. The molecule has 0 radical (unpaired) electrons. The number of hydrogen-bond acceptors (Lipinski definition) is 5. The van der Waals surface area contributed by atoms with Crippen molar-refractivity contribution >= 4 is 15.9 Å². The Kier molecular flexibility index (Phi) is 5.58. The van der Waals surface area contributed by atoms with E-state index >= 15 is 0 Å². The summed E-state index contributed by atoms with van der Waals surface area (Å²) in [6.45, 7) is 0.670. The van der Waals surface area contributed by atoms with Crippen molar-refractivity contribution in [1.82, 2.24) is 9.62 Å². The maximum atomic E-state index is 13.1. The Morgan fingerprint density at radius 3 is 2.76 bits per heavy atom. The number of ether oxygens (including phenoxy) is 1. The lowest BCUT2D eigenvalue weighted by atomic mass is 9.86. The van der Waals surface area contributed by atoms with Crippen LogP contribution < -0.4 is 9.46 Å². The van der Waals surface area contributed by atoms with Crippen LogP contribution in [0.4, 0.5) is 0 Å². The first-order chi connectivity index (χ1) is 14.0. The van der Waals surface area contributed by atoms with E-state index in [1.54, 1.807) is 18.2 Å². The molecule has 8 heteroatoms. The standard InChI is InChI=1S/C21H24N2O5S/c24-14-21(25)23-10-8-18(15-4-2-1-3-5-15)19(13-23)22-29(26,27)17-6-7-20-16(12-17)9-11-28-20/h1-7,12,18-19,22,24H,8-11,13-14H2/t18-,19-/m0/s1. The zero-order chi connectivity index (χ0) is 20.4. The number of hydrogen-bond donors (Lipinski definition) is 2. The largest absolute Gasteiger partial charge is 0.493 e. The molecular formula is C21H24N2O5S.